The van der Waals surface area contributed by atoms with E-state index in [0.29, 0.717) is 28.2 Å². The number of phenols is 1. The van der Waals surface area contributed by atoms with Crippen LogP contribution in [-0.2, 0) is 5.41 Å². The van der Waals surface area contributed by atoms with Gasteiger partial charge in [-0.3, -0.25) is 9.55 Å². The highest BCUT2D eigenvalue weighted by Crippen LogP contribution is 2.43. The molecule has 0 aliphatic carbocycles. The second-order valence-corrected chi connectivity index (χ2v) is 17.0. The Kier molecular flexibility index (Phi) is 9.24. The lowest BCUT2D eigenvalue weighted by Crippen LogP contribution is -2.10. The van der Waals surface area contributed by atoms with Gasteiger partial charge in [-0.15, -0.1) is 0 Å². The normalized spacial score (nSPS) is 12.5. The molecule has 0 amide bonds. The predicted octanol–water partition coefficient (Wildman–Crippen LogP) is 15.4. The summed E-state index contributed by atoms with van der Waals surface area (Å²) in [6, 6.07) is 66.7. The predicted molar refractivity (Wildman–Crippen MR) is 262 cm³/mol. The van der Waals surface area contributed by atoms with E-state index in [0.717, 1.165) is 66.8 Å². The van der Waals surface area contributed by atoms with Crippen molar-refractivity contribution < 1.29 is 9.22 Å². The molecule has 304 valence electrons. The highest BCUT2D eigenvalue weighted by molar-refractivity contribution is 5.99. The molecule has 10 rings (SSSR count). The van der Waals surface area contributed by atoms with Crippen LogP contribution in [0.3, 0.4) is 0 Å². The second kappa shape index (κ2) is 16.2. The molecule has 0 radical (unpaired) electrons. The van der Waals surface area contributed by atoms with Crippen molar-refractivity contribution >= 4 is 11.0 Å². The molecule has 0 saturated carbocycles. The first-order valence-electron chi connectivity index (χ1n) is 22.8. The van der Waals surface area contributed by atoms with Gasteiger partial charge in [0.05, 0.1) is 28.0 Å². The van der Waals surface area contributed by atoms with Crippen molar-refractivity contribution in [2.45, 2.75) is 33.0 Å². The summed E-state index contributed by atoms with van der Waals surface area (Å²) in [7, 11) is 0. The van der Waals surface area contributed by atoms with E-state index in [9.17, 15) is 5.11 Å². The number of benzene rings is 8. The third-order valence-electron chi connectivity index (χ3n) is 11.9. The Morgan fingerprint density at radius 1 is 0.476 bits per heavy atom. The molecule has 2 heterocycles. The number of pyridine rings is 1. The number of fused-ring (bicyclic) bond motifs is 1. The van der Waals surface area contributed by atoms with Gasteiger partial charge in [0.2, 0.25) is 0 Å². The Morgan fingerprint density at radius 2 is 1.08 bits per heavy atom. The maximum absolute atomic E-state index is 11.6. The first kappa shape index (κ1) is 35.9. The van der Waals surface area contributed by atoms with E-state index in [2.05, 4.69) is 99.6 Å². The number of aromatic nitrogens is 3. The van der Waals surface area contributed by atoms with E-state index in [4.69, 9.17) is 14.1 Å². The third-order valence-corrected chi connectivity index (χ3v) is 11.9. The van der Waals surface area contributed by atoms with Gasteiger partial charge in [-0.25, -0.2) is 4.98 Å². The summed E-state index contributed by atoms with van der Waals surface area (Å²) < 4.78 is 28.8. The second-order valence-electron chi connectivity index (χ2n) is 17.0. The van der Waals surface area contributed by atoms with Gasteiger partial charge in [0.15, 0.2) is 0 Å². The molecule has 0 bridgehead atoms. The maximum Gasteiger partial charge on any atom is 0.149 e. The van der Waals surface area contributed by atoms with Crippen LogP contribution in [0.2, 0.25) is 0 Å². The number of hydrogen-bond acceptors (Lipinski definition) is 3. The van der Waals surface area contributed by atoms with E-state index < -0.39 is 6.85 Å². The summed E-state index contributed by atoms with van der Waals surface area (Å²) in [5.74, 6) is 0.533. The molecule has 8 aromatic carbocycles. The van der Waals surface area contributed by atoms with Crippen LogP contribution in [0.4, 0.5) is 0 Å². The fourth-order valence-corrected chi connectivity index (χ4v) is 8.56. The average Bonchev–Trinajstić information content (AvgIpc) is 3.73. The van der Waals surface area contributed by atoms with E-state index in [1.54, 1.807) is 18.2 Å². The molecule has 2 aromatic heterocycles. The first-order chi connectivity index (χ1) is 31.9. The van der Waals surface area contributed by atoms with Crippen molar-refractivity contribution in [2.24, 2.45) is 0 Å². The SMILES string of the molecule is [2H]C([2H])([2H])c1cc(-n2c(-c3ccccc3O)nc3c(-c4cc(-c5ccccc5)cc(-c5cc(-c6ccccc6)ccn5)c4)cccc32)c(-c2ccc(C(C)(C)C)cc2)cc1-c1ccccc1. The molecule has 0 atom stereocenters. The molecule has 10 aromatic rings. The number of phenolic OH excluding ortho intramolecular Hbond substituents is 1. The number of nitrogens with zero attached hydrogens (tertiary/aromatic N) is 3. The minimum Gasteiger partial charge on any atom is -0.507 e. The standard InChI is InChI=1S/C59H47N3O/c1-39-33-55(52(38-51(39)42-21-12-7-13-22-42)43-27-29-48(30-28-43)59(2,3)4)62-54-25-16-24-49(57(54)61-58(62)50-23-14-15-26-56(50)63)46-34-45(41-19-10-6-11-20-41)35-47(36-46)53-37-44(31-32-60-53)40-17-8-5-9-18-40/h5-38,63H,1-4H3/i1D3. The van der Waals surface area contributed by atoms with Gasteiger partial charge < -0.3 is 5.11 Å². The Hall–Kier alpha value is -7.82. The van der Waals surface area contributed by atoms with Gasteiger partial charge in [0.25, 0.3) is 0 Å². The molecule has 0 fully saturated rings. The molecule has 0 spiro atoms. The number of aryl methyl sites for hydroxylation is 1. The van der Waals surface area contributed by atoms with E-state index in [1.165, 1.54) is 5.56 Å². The van der Waals surface area contributed by atoms with E-state index >= 15 is 0 Å². The van der Waals surface area contributed by atoms with Crippen LogP contribution >= 0.6 is 0 Å². The van der Waals surface area contributed by atoms with Gasteiger partial charge in [0.1, 0.15) is 11.6 Å². The number of rotatable bonds is 8. The van der Waals surface area contributed by atoms with Crippen molar-refractivity contribution in [3.05, 3.63) is 218 Å². The molecular formula is C59H47N3O. The van der Waals surface area contributed by atoms with Crippen LogP contribution in [0, 0.1) is 6.85 Å². The van der Waals surface area contributed by atoms with Crippen molar-refractivity contribution in [1.82, 2.24) is 14.5 Å². The maximum atomic E-state index is 11.6. The van der Waals surface area contributed by atoms with Gasteiger partial charge >= 0.3 is 0 Å². The minimum atomic E-state index is -2.47. The van der Waals surface area contributed by atoms with Crippen molar-refractivity contribution in [3.63, 3.8) is 0 Å². The lowest BCUT2D eigenvalue weighted by molar-refractivity contribution is 0.477. The zero-order valence-corrected chi connectivity index (χ0v) is 35.4. The lowest BCUT2D eigenvalue weighted by Gasteiger charge is -2.21. The summed E-state index contributed by atoms with van der Waals surface area (Å²) in [5, 5.41) is 11.6. The van der Waals surface area contributed by atoms with Crippen LogP contribution < -0.4 is 0 Å². The highest BCUT2D eigenvalue weighted by Gasteiger charge is 2.24. The summed E-state index contributed by atoms with van der Waals surface area (Å²) in [6.07, 6.45) is 1.86. The van der Waals surface area contributed by atoms with E-state index in [-0.39, 0.29) is 16.7 Å². The van der Waals surface area contributed by atoms with Crippen molar-refractivity contribution in [1.29, 1.82) is 0 Å². The molecule has 0 unspecified atom stereocenters. The topological polar surface area (TPSA) is 50.9 Å². The summed E-state index contributed by atoms with van der Waals surface area (Å²) in [5.41, 5.74) is 14.9. The third kappa shape index (κ3) is 7.62. The van der Waals surface area contributed by atoms with Crippen LogP contribution in [0.15, 0.2) is 206 Å². The van der Waals surface area contributed by atoms with Crippen LogP contribution in [-0.4, -0.2) is 19.6 Å². The monoisotopic (exact) mass is 816 g/mol. The zero-order valence-electron chi connectivity index (χ0n) is 38.4. The molecule has 4 nitrogen and oxygen atoms in total. The van der Waals surface area contributed by atoms with Crippen LogP contribution in [0.1, 0.15) is 36.0 Å². The Labute approximate surface area is 373 Å². The highest BCUT2D eigenvalue weighted by atomic mass is 16.3. The zero-order chi connectivity index (χ0) is 45.6. The number of aromatic hydroxyl groups is 1. The number of para-hydroxylation sites is 2. The quantitative estimate of drug-likeness (QED) is 0.166. The van der Waals surface area contributed by atoms with Gasteiger partial charge in [-0.2, -0.15) is 0 Å². The largest absolute Gasteiger partial charge is 0.507 e. The fourth-order valence-electron chi connectivity index (χ4n) is 8.56. The van der Waals surface area contributed by atoms with Crippen molar-refractivity contribution in [3.8, 4) is 89.7 Å². The summed E-state index contributed by atoms with van der Waals surface area (Å²) in [6.45, 7) is 4.11. The van der Waals surface area contributed by atoms with Gasteiger partial charge in [-0.05, 0) is 129 Å². The molecule has 63 heavy (non-hydrogen) atoms. The molecule has 0 saturated heterocycles. The molecule has 1 N–H and O–H groups in total. The molecule has 4 heteroatoms. The summed E-state index contributed by atoms with van der Waals surface area (Å²) in [4.78, 5) is 10.4. The Morgan fingerprint density at radius 3 is 1.76 bits per heavy atom. The molecule has 0 aliphatic rings. The van der Waals surface area contributed by atoms with Crippen LogP contribution in [0.25, 0.3) is 95.0 Å². The van der Waals surface area contributed by atoms with Gasteiger partial charge in [0, 0.05) is 27.0 Å². The summed E-state index contributed by atoms with van der Waals surface area (Å²) >= 11 is 0. The fraction of sp³-hybridized carbons (Fsp3) is 0.0847. The Balaban J connectivity index is 1.27. The molecular weight excluding hydrogens is 767 g/mol. The van der Waals surface area contributed by atoms with Crippen molar-refractivity contribution in [2.75, 3.05) is 0 Å². The molecule has 0 aliphatic heterocycles. The van der Waals surface area contributed by atoms with Crippen LogP contribution in [0.5, 0.6) is 5.75 Å². The first-order valence-corrected chi connectivity index (χ1v) is 21.3. The lowest BCUT2D eigenvalue weighted by atomic mass is 9.85. The minimum absolute atomic E-state index is 0.0568. The smallest absolute Gasteiger partial charge is 0.149 e. The number of hydrogen-bond donors (Lipinski definition) is 1. The average molecular weight is 817 g/mol. The Bertz CT molecular complexity index is 3370. The van der Waals surface area contributed by atoms with Gasteiger partial charge in [-0.1, -0.05) is 160 Å². The number of imidazole rings is 1. The van der Waals surface area contributed by atoms with E-state index in [1.807, 2.05) is 114 Å².